The summed E-state index contributed by atoms with van der Waals surface area (Å²) in [5.74, 6) is 1.23. The van der Waals surface area contributed by atoms with Gasteiger partial charge >= 0.3 is 0 Å². The molecule has 0 saturated heterocycles. The molecule has 1 saturated carbocycles. The fourth-order valence-corrected chi connectivity index (χ4v) is 3.20. The van der Waals surface area contributed by atoms with Crippen LogP contribution < -0.4 is 5.32 Å². The Hall–Kier alpha value is -1.51. The minimum atomic E-state index is 0.625. The van der Waals surface area contributed by atoms with Crippen molar-refractivity contribution >= 4 is 11.5 Å². The zero-order valence-corrected chi connectivity index (χ0v) is 12.7. The van der Waals surface area contributed by atoms with Gasteiger partial charge in [0.25, 0.3) is 0 Å². The van der Waals surface area contributed by atoms with Crippen molar-refractivity contribution in [2.24, 2.45) is 0 Å². The highest BCUT2D eigenvalue weighted by molar-refractivity contribution is 5.56. The molecule has 0 bridgehead atoms. The average molecular weight is 271 g/mol. The fourth-order valence-electron chi connectivity index (χ4n) is 3.20. The first-order chi connectivity index (χ1) is 9.78. The molecule has 1 aliphatic carbocycles. The van der Waals surface area contributed by atoms with Crippen molar-refractivity contribution in [3.63, 3.8) is 0 Å². The smallest absolute Gasteiger partial charge is 0.138 e. The molecule has 108 valence electrons. The highest BCUT2D eigenvalue weighted by Gasteiger charge is 2.18. The number of pyridine rings is 1. The van der Waals surface area contributed by atoms with E-state index in [1.807, 2.05) is 0 Å². The van der Waals surface area contributed by atoms with Gasteiger partial charge in [0.15, 0.2) is 0 Å². The van der Waals surface area contributed by atoms with E-state index in [9.17, 15) is 0 Å². The average Bonchev–Trinajstić information content (AvgIpc) is 2.78. The van der Waals surface area contributed by atoms with Gasteiger partial charge in [-0.2, -0.15) is 0 Å². The van der Waals surface area contributed by atoms with Crippen molar-refractivity contribution < 1.29 is 0 Å². The maximum atomic E-state index is 4.81. The van der Waals surface area contributed by atoms with E-state index >= 15 is 0 Å². The van der Waals surface area contributed by atoms with E-state index in [0.717, 1.165) is 18.5 Å². The van der Waals surface area contributed by atoms with Gasteiger partial charge in [0.05, 0.1) is 5.69 Å². The molecule has 2 heterocycles. The molecule has 3 rings (SSSR count). The molecule has 3 nitrogen and oxygen atoms in total. The number of fused-ring (bicyclic) bond motifs is 1. The molecule has 0 atom stereocenters. The second kappa shape index (κ2) is 5.86. The van der Waals surface area contributed by atoms with Gasteiger partial charge in [0, 0.05) is 12.2 Å². The first-order valence-corrected chi connectivity index (χ1v) is 8.02. The number of imidazole rings is 1. The summed E-state index contributed by atoms with van der Waals surface area (Å²) in [4.78, 5) is 4.81. The lowest BCUT2D eigenvalue weighted by Gasteiger charge is -2.24. The Morgan fingerprint density at radius 1 is 1.25 bits per heavy atom. The van der Waals surface area contributed by atoms with Crippen LogP contribution in [0.5, 0.6) is 0 Å². The maximum absolute atomic E-state index is 4.81. The lowest BCUT2D eigenvalue weighted by Crippen LogP contribution is -2.23. The quantitative estimate of drug-likeness (QED) is 0.896. The van der Waals surface area contributed by atoms with Gasteiger partial charge in [-0.25, -0.2) is 4.98 Å². The standard InChI is InChI=1S/C17H25N3/c1-3-7-15-17(18-14-8-5-4-6-9-14)20-12-13(2)10-11-16(20)19-15/h10-12,14,18H,3-9H2,1-2H3. The second-order valence-corrected chi connectivity index (χ2v) is 6.07. The summed E-state index contributed by atoms with van der Waals surface area (Å²) in [5, 5.41) is 3.78. The van der Waals surface area contributed by atoms with E-state index in [2.05, 4.69) is 41.9 Å². The number of rotatable bonds is 4. The van der Waals surface area contributed by atoms with E-state index in [1.165, 1.54) is 49.2 Å². The normalized spacial score (nSPS) is 16.7. The molecule has 0 spiro atoms. The molecule has 2 aromatic heterocycles. The molecule has 1 fully saturated rings. The monoisotopic (exact) mass is 271 g/mol. The van der Waals surface area contributed by atoms with Crippen LogP contribution >= 0.6 is 0 Å². The Morgan fingerprint density at radius 2 is 2.05 bits per heavy atom. The lowest BCUT2D eigenvalue weighted by molar-refractivity contribution is 0.461. The van der Waals surface area contributed by atoms with E-state index in [0.29, 0.717) is 6.04 Å². The summed E-state index contributed by atoms with van der Waals surface area (Å²) in [6.07, 6.45) is 11.1. The minimum absolute atomic E-state index is 0.625. The van der Waals surface area contributed by atoms with Crippen LogP contribution in [0.15, 0.2) is 18.3 Å². The summed E-state index contributed by atoms with van der Waals surface area (Å²) in [7, 11) is 0. The molecule has 0 amide bonds. The van der Waals surface area contributed by atoms with Crippen molar-refractivity contribution in [2.75, 3.05) is 5.32 Å². The molecule has 1 aliphatic rings. The Bertz CT molecular complexity index is 579. The Balaban J connectivity index is 1.96. The molecule has 20 heavy (non-hydrogen) atoms. The van der Waals surface area contributed by atoms with Gasteiger partial charge < -0.3 is 5.32 Å². The van der Waals surface area contributed by atoms with Crippen molar-refractivity contribution in [1.29, 1.82) is 0 Å². The van der Waals surface area contributed by atoms with E-state index in [1.54, 1.807) is 0 Å². The Morgan fingerprint density at radius 3 is 2.80 bits per heavy atom. The summed E-state index contributed by atoms with van der Waals surface area (Å²) < 4.78 is 2.24. The lowest BCUT2D eigenvalue weighted by atomic mass is 9.95. The van der Waals surface area contributed by atoms with Crippen molar-refractivity contribution in [1.82, 2.24) is 9.38 Å². The third-order valence-electron chi connectivity index (χ3n) is 4.27. The number of aromatic nitrogens is 2. The predicted molar refractivity (Wildman–Crippen MR) is 84.4 cm³/mol. The molecular formula is C17H25N3. The largest absolute Gasteiger partial charge is 0.367 e. The number of hydrogen-bond donors (Lipinski definition) is 1. The molecular weight excluding hydrogens is 246 g/mol. The van der Waals surface area contributed by atoms with Crippen LogP contribution in [-0.4, -0.2) is 15.4 Å². The van der Waals surface area contributed by atoms with Crippen LogP contribution in [0.3, 0.4) is 0 Å². The minimum Gasteiger partial charge on any atom is -0.367 e. The maximum Gasteiger partial charge on any atom is 0.138 e. The zero-order chi connectivity index (χ0) is 13.9. The van der Waals surface area contributed by atoms with E-state index in [-0.39, 0.29) is 0 Å². The molecule has 3 heteroatoms. The van der Waals surface area contributed by atoms with Gasteiger partial charge in [-0.15, -0.1) is 0 Å². The van der Waals surface area contributed by atoms with E-state index < -0.39 is 0 Å². The summed E-state index contributed by atoms with van der Waals surface area (Å²) in [5.41, 5.74) is 3.57. The first kappa shape index (κ1) is 13.5. The third-order valence-corrected chi connectivity index (χ3v) is 4.27. The highest BCUT2D eigenvalue weighted by Crippen LogP contribution is 2.26. The number of anilines is 1. The molecule has 0 aliphatic heterocycles. The van der Waals surface area contributed by atoms with Crippen LogP contribution in [0.1, 0.15) is 56.7 Å². The summed E-state index contributed by atoms with van der Waals surface area (Å²) in [6, 6.07) is 4.89. The van der Waals surface area contributed by atoms with Crippen molar-refractivity contribution in [2.45, 2.75) is 64.8 Å². The highest BCUT2D eigenvalue weighted by atomic mass is 15.1. The van der Waals surface area contributed by atoms with Gasteiger partial charge in [-0.3, -0.25) is 4.40 Å². The predicted octanol–water partition coefficient (Wildman–Crippen LogP) is 4.34. The number of aryl methyl sites for hydroxylation is 2. The Labute approximate surface area is 121 Å². The van der Waals surface area contributed by atoms with E-state index in [4.69, 9.17) is 4.98 Å². The van der Waals surface area contributed by atoms with Gasteiger partial charge in [-0.05, 0) is 37.8 Å². The summed E-state index contributed by atoms with van der Waals surface area (Å²) in [6.45, 7) is 4.36. The van der Waals surface area contributed by atoms with Crippen LogP contribution in [-0.2, 0) is 6.42 Å². The van der Waals surface area contributed by atoms with Crippen LogP contribution in [0.4, 0.5) is 5.82 Å². The van der Waals surface area contributed by atoms with Crippen LogP contribution in [0, 0.1) is 6.92 Å². The SMILES string of the molecule is CCCc1nc2ccc(C)cn2c1NC1CCCCC1. The second-order valence-electron chi connectivity index (χ2n) is 6.07. The number of nitrogens with zero attached hydrogens (tertiary/aromatic N) is 2. The number of hydrogen-bond acceptors (Lipinski definition) is 2. The Kier molecular flexibility index (Phi) is 3.95. The fraction of sp³-hybridized carbons (Fsp3) is 0.588. The van der Waals surface area contributed by atoms with Gasteiger partial charge in [0.2, 0.25) is 0 Å². The molecule has 0 radical (unpaired) electrons. The molecule has 0 aromatic carbocycles. The first-order valence-electron chi connectivity index (χ1n) is 8.02. The third kappa shape index (κ3) is 2.67. The van der Waals surface area contributed by atoms with Crippen molar-refractivity contribution in [3.05, 3.63) is 29.6 Å². The van der Waals surface area contributed by atoms with Gasteiger partial charge in [-0.1, -0.05) is 38.7 Å². The van der Waals surface area contributed by atoms with Crippen LogP contribution in [0.25, 0.3) is 5.65 Å². The van der Waals surface area contributed by atoms with Crippen LogP contribution in [0.2, 0.25) is 0 Å². The number of nitrogens with one attached hydrogen (secondary N) is 1. The topological polar surface area (TPSA) is 29.3 Å². The summed E-state index contributed by atoms with van der Waals surface area (Å²) >= 11 is 0. The molecule has 1 N–H and O–H groups in total. The molecule has 2 aromatic rings. The van der Waals surface area contributed by atoms with Crippen molar-refractivity contribution in [3.8, 4) is 0 Å². The zero-order valence-electron chi connectivity index (χ0n) is 12.7. The van der Waals surface area contributed by atoms with Gasteiger partial charge in [0.1, 0.15) is 11.5 Å². The molecule has 0 unspecified atom stereocenters.